The van der Waals surface area contributed by atoms with E-state index >= 15 is 0 Å². The zero-order valence-corrected chi connectivity index (χ0v) is 17.5. The maximum atomic E-state index is 12.5. The van der Waals surface area contributed by atoms with Gasteiger partial charge in [0.15, 0.2) is 10.6 Å². The number of hydrogen-bond acceptors (Lipinski definition) is 3. The van der Waals surface area contributed by atoms with Crippen molar-refractivity contribution in [2.24, 2.45) is 0 Å². The summed E-state index contributed by atoms with van der Waals surface area (Å²) in [5.74, 6) is 0.714. The normalized spacial score (nSPS) is 12.0. The second-order valence-corrected chi connectivity index (χ2v) is 7.53. The van der Waals surface area contributed by atoms with E-state index in [2.05, 4.69) is 21.6 Å². The van der Waals surface area contributed by atoms with Crippen molar-refractivity contribution in [3.8, 4) is 11.4 Å². The molecule has 0 radical (unpaired) electrons. The molecule has 2 N–H and O–H groups in total. The Hall–Kier alpha value is -2.44. The number of aromatic amines is 1. The third kappa shape index (κ3) is 4.88. The van der Waals surface area contributed by atoms with Gasteiger partial charge in [0.2, 0.25) is 5.91 Å². The lowest BCUT2D eigenvalue weighted by Crippen LogP contribution is -2.29. The zero-order valence-electron chi connectivity index (χ0n) is 15.9. The highest BCUT2D eigenvalue weighted by molar-refractivity contribution is 7.71. The Morgan fingerprint density at radius 2 is 2.04 bits per heavy atom. The van der Waals surface area contributed by atoms with Crippen LogP contribution in [-0.4, -0.2) is 20.7 Å². The van der Waals surface area contributed by atoms with E-state index in [1.807, 2.05) is 60.9 Å². The summed E-state index contributed by atoms with van der Waals surface area (Å²) in [6.07, 6.45) is 1.11. The standard InChI is InChI=1S/C21H23ClN4OS/c1-3-18(15-7-9-17(22)10-8-15)23-19(27)11-12-26-20(24-25-21(26)28)16-6-4-5-14(2)13-16/h4-10,13,18H,3,11-12H2,1-2H3,(H,23,27)(H,25,28)/t18-/m0/s1. The van der Waals surface area contributed by atoms with Gasteiger partial charge in [0.1, 0.15) is 0 Å². The number of carbonyl (C=O) groups excluding carboxylic acids is 1. The van der Waals surface area contributed by atoms with Crippen LogP contribution in [0.2, 0.25) is 5.02 Å². The number of nitrogens with one attached hydrogen (secondary N) is 2. The number of aryl methyl sites for hydroxylation is 1. The summed E-state index contributed by atoms with van der Waals surface area (Å²) in [7, 11) is 0. The molecule has 3 aromatic rings. The molecule has 28 heavy (non-hydrogen) atoms. The fraction of sp³-hybridized carbons (Fsp3) is 0.286. The van der Waals surface area contributed by atoms with Gasteiger partial charge in [-0.1, -0.05) is 54.4 Å². The minimum Gasteiger partial charge on any atom is -0.349 e. The molecule has 3 rings (SSSR count). The van der Waals surface area contributed by atoms with E-state index < -0.39 is 0 Å². The van der Waals surface area contributed by atoms with Crippen LogP contribution < -0.4 is 5.32 Å². The van der Waals surface area contributed by atoms with Gasteiger partial charge in [-0.3, -0.25) is 14.5 Å². The number of benzene rings is 2. The lowest BCUT2D eigenvalue weighted by atomic mass is 10.0. The van der Waals surface area contributed by atoms with Gasteiger partial charge >= 0.3 is 0 Å². The van der Waals surface area contributed by atoms with Gasteiger partial charge < -0.3 is 5.32 Å². The molecule has 146 valence electrons. The molecule has 1 amide bonds. The van der Waals surface area contributed by atoms with Crippen LogP contribution in [0.15, 0.2) is 48.5 Å². The first-order valence-corrected chi connectivity index (χ1v) is 10.0. The van der Waals surface area contributed by atoms with Crippen LogP contribution in [-0.2, 0) is 11.3 Å². The van der Waals surface area contributed by atoms with Crippen molar-refractivity contribution in [2.75, 3.05) is 0 Å². The molecule has 2 aromatic carbocycles. The summed E-state index contributed by atoms with van der Waals surface area (Å²) in [5, 5.41) is 10.9. The van der Waals surface area contributed by atoms with E-state index in [-0.39, 0.29) is 11.9 Å². The summed E-state index contributed by atoms with van der Waals surface area (Å²) in [6.45, 7) is 4.53. The van der Waals surface area contributed by atoms with Gasteiger partial charge in [-0.05, 0) is 49.3 Å². The lowest BCUT2D eigenvalue weighted by Gasteiger charge is -2.18. The topological polar surface area (TPSA) is 62.7 Å². The second-order valence-electron chi connectivity index (χ2n) is 6.70. The van der Waals surface area contributed by atoms with Gasteiger partial charge in [-0.2, -0.15) is 5.10 Å². The summed E-state index contributed by atoms with van der Waals surface area (Å²) in [5.41, 5.74) is 3.16. The fourth-order valence-corrected chi connectivity index (χ4v) is 3.48. The van der Waals surface area contributed by atoms with Crippen LogP contribution in [0, 0.1) is 11.7 Å². The number of hydrogen-bond donors (Lipinski definition) is 2. The molecule has 0 aliphatic carbocycles. The molecule has 5 nitrogen and oxygen atoms in total. The Kier molecular flexibility index (Phi) is 6.65. The molecule has 1 atom stereocenters. The number of amides is 1. The number of halogens is 1. The highest BCUT2D eigenvalue weighted by Gasteiger charge is 2.15. The first kappa shape index (κ1) is 20.3. The molecule has 1 heterocycles. The molecule has 0 saturated carbocycles. The van der Waals surface area contributed by atoms with Crippen molar-refractivity contribution >= 4 is 29.7 Å². The molecule has 0 fully saturated rings. The van der Waals surface area contributed by atoms with Crippen molar-refractivity contribution in [3.05, 3.63) is 69.5 Å². The summed E-state index contributed by atoms with van der Waals surface area (Å²) in [4.78, 5) is 12.5. The van der Waals surface area contributed by atoms with E-state index in [0.29, 0.717) is 22.8 Å². The summed E-state index contributed by atoms with van der Waals surface area (Å²) in [6, 6.07) is 15.6. The molecular weight excluding hydrogens is 392 g/mol. The average Bonchev–Trinajstić information content (AvgIpc) is 3.06. The number of aromatic nitrogens is 3. The smallest absolute Gasteiger partial charge is 0.222 e. The van der Waals surface area contributed by atoms with Gasteiger partial charge in [0, 0.05) is 23.6 Å². The van der Waals surface area contributed by atoms with Gasteiger partial charge in [-0.25, -0.2) is 0 Å². The highest BCUT2D eigenvalue weighted by atomic mass is 35.5. The zero-order chi connectivity index (χ0) is 20.1. The highest BCUT2D eigenvalue weighted by Crippen LogP contribution is 2.21. The Labute approximate surface area is 174 Å². The fourth-order valence-electron chi connectivity index (χ4n) is 3.13. The third-order valence-corrected chi connectivity index (χ3v) is 5.18. The molecule has 0 bridgehead atoms. The third-order valence-electron chi connectivity index (χ3n) is 4.61. The van der Waals surface area contributed by atoms with Gasteiger partial charge in [0.05, 0.1) is 6.04 Å². The van der Waals surface area contributed by atoms with Crippen LogP contribution in [0.5, 0.6) is 0 Å². The Morgan fingerprint density at radius 1 is 1.29 bits per heavy atom. The molecule has 0 aliphatic rings. The largest absolute Gasteiger partial charge is 0.349 e. The maximum Gasteiger partial charge on any atom is 0.222 e. The first-order valence-electron chi connectivity index (χ1n) is 9.25. The predicted molar refractivity (Wildman–Crippen MR) is 115 cm³/mol. The van der Waals surface area contributed by atoms with Gasteiger partial charge in [0.25, 0.3) is 0 Å². The van der Waals surface area contributed by atoms with Crippen molar-refractivity contribution in [1.82, 2.24) is 20.1 Å². The van der Waals surface area contributed by atoms with E-state index in [4.69, 9.17) is 23.8 Å². The monoisotopic (exact) mass is 414 g/mol. The number of rotatable bonds is 7. The molecule has 7 heteroatoms. The van der Waals surface area contributed by atoms with E-state index in [9.17, 15) is 4.79 Å². The minimum atomic E-state index is -0.0432. The second kappa shape index (κ2) is 9.17. The summed E-state index contributed by atoms with van der Waals surface area (Å²) >= 11 is 11.3. The van der Waals surface area contributed by atoms with Crippen molar-refractivity contribution in [1.29, 1.82) is 0 Å². The van der Waals surface area contributed by atoms with Crippen LogP contribution >= 0.6 is 23.8 Å². The van der Waals surface area contributed by atoms with Crippen molar-refractivity contribution in [2.45, 2.75) is 39.3 Å². The van der Waals surface area contributed by atoms with Gasteiger partial charge in [-0.15, -0.1) is 0 Å². The number of carbonyl (C=O) groups is 1. The molecule has 0 aliphatic heterocycles. The molecule has 1 aromatic heterocycles. The van der Waals surface area contributed by atoms with Crippen molar-refractivity contribution < 1.29 is 4.79 Å². The van der Waals surface area contributed by atoms with Crippen LogP contribution in [0.3, 0.4) is 0 Å². The Balaban J connectivity index is 1.69. The van der Waals surface area contributed by atoms with Crippen LogP contribution in [0.1, 0.15) is 36.9 Å². The average molecular weight is 415 g/mol. The molecular formula is C21H23ClN4OS. The van der Waals surface area contributed by atoms with E-state index in [1.54, 1.807) is 0 Å². The maximum absolute atomic E-state index is 12.5. The number of H-pyrrole nitrogens is 1. The first-order chi connectivity index (χ1) is 13.5. The van der Waals surface area contributed by atoms with Crippen molar-refractivity contribution in [3.63, 3.8) is 0 Å². The van der Waals surface area contributed by atoms with Crippen LogP contribution in [0.4, 0.5) is 0 Å². The minimum absolute atomic E-state index is 0.0277. The summed E-state index contributed by atoms with van der Waals surface area (Å²) < 4.78 is 2.38. The molecule has 0 saturated heterocycles. The molecule has 0 unspecified atom stereocenters. The Bertz CT molecular complexity index is 1010. The molecule has 0 spiro atoms. The SMILES string of the molecule is CC[C@H](NC(=O)CCn1c(-c2cccc(C)c2)n[nH]c1=S)c1ccc(Cl)cc1. The van der Waals surface area contributed by atoms with E-state index in [1.165, 1.54) is 0 Å². The Morgan fingerprint density at radius 3 is 2.71 bits per heavy atom. The van der Waals surface area contributed by atoms with E-state index in [0.717, 1.165) is 28.9 Å². The quantitative estimate of drug-likeness (QED) is 0.520. The lowest BCUT2D eigenvalue weighted by molar-refractivity contribution is -0.122. The predicted octanol–water partition coefficient (Wildman–Crippen LogP) is 5.23. The number of nitrogens with zero attached hydrogens (tertiary/aromatic N) is 2. The van der Waals surface area contributed by atoms with Crippen LogP contribution in [0.25, 0.3) is 11.4 Å².